The Morgan fingerprint density at radius 2 is 1.81 bits per heavy atom. The zero-order valence-electron chi connectivity index (χ0n) is 14.5. The van der Waals surface area contributed by atoms with E-state index in [-0.39, 0.29) is 24.7 Å². The molecule has 0 amide bonds. The van der Waals surface area contributed by atoms with Crippen LogP contribution < -0.4 is 4.74 Å². The number of hydrogen-bond acceptors (Lipinski definition) is 7. The van der Waals surface area contributed by atoms with Gasteiger partial charge in [0.05, 0.1) is 6.61 Å². The van der Waals surface area contributed by atoms with E-state index in [0.29, 0.717) is 11.3 Å². The molecule has 2 rings (SSSR count). The van der Waals surface area contributed by atoms with Crippen molar-refractivity contribution in [2.24, 2.45) is 5.16 Å². The molecule has 0 saturated carbocycles. The minimum Gasteiger partial charge on any atom is -0.491 e. The fourth-order valence-electron chi connectivity index (χ4n) is 1.99. The molecule has 26 heavy (non-hydrogen) atoms. The molecule has 0 atom stereocenters. The second kappa shape index (κ2) is 9.74. The molecule has 2 aromatic rings. The van der Waals surface area contributed by atoms with Crippen molar-refractivity contribution in [3.8, 4) is 5.75 Å². The van der Waals surface area contributed by atoms with Crippen molar-refractivity contribution < 1.29 is 24.3 Å². The van der Waals surface area contributed by atoms with Crippen molar-refractivity contribution in [3.63, 3.8) is 0 Å². The Bertz CT molecular complexity index is 802. The number of ketones is 1. The molecule has 0 aliphatic heterocycles. The fourth-order valence-corrected chi connectivity index (χ4v) is 2.86. The van der Waals surface area contributed by atoms with E-state index < -0.39 is 5.97 Å². The van der Waals surface area contributed by atoms with Crippen LogP contribution in [0.5, 0.6) is 5.75 Å². The Morgan fingerprint density at radius 1 is 1.08 bits per heavy atom. The van der Waals surface area contributed by atoms with Crippen LogP contribution in [0.1, 0.15) is 24.2 Å². The lowest BCUT2D eigenvalue weighted by molar-refractivity contribution is -0.140. The first-order valence-electron chi connectivity index (χ1n) is 7.88. The SMILES string of the molecule is CC(=O)ON=C(C)C(=O)c1cccc(Sc2ccc(OCCO)cc2)c1. The van der Waals surface area contributed by atoms with E-state index in [1.54, 1.807) is 18.2 Å². The van der Waals surface area contributed by atoms with Crippen LogP contribution in [0, 0.1) is 0 Å². The summed E-state index contributed by atoms with van der Waals surface area (Å²) in [5.41, 5.74) is 0.569. The number of ether oxygens (including phenoxy) is 1. The van der Waals surface area contributed by atoms with Gasteiger partial charge in [0.25, 0.3) is 0 Å². The predicted molar refractivity (Wildman–Crippen MR) is 98.8 cm³/mol. The van der Waals surface area contributed by atoms with E-state index in [2.05, 4.69) is 9.99 Å². The summed E-state index contributed by atoms with van der Waals surface area (Å²) < 4.78 is 5.32. The van der Waals surface area contributed by atoms with Crippen molar-refractivity contribution >= 4 is 29.2 Å². The van der Waals surface area contributed by atoms with E-state index in [1.165, 1.54) is 25.6 Å². The number of nitrogens with zero attached hydrogens (tertiary/aromatic N) is 1. The van der Waals surface area contributed by atoms with Gasteiger partial charge in [-0.15, -0.1) is 0 Å². The number of carbonyl (C=O) groups is 2. The second-order valence-electron chi connectivity index (χ2n) is 5.26. The number of aliphatic hydroxyl groups is 1. The Kier molecular flexibility index (Phi) is 7.37. The topological polar surface area (TPSA) is 85.2 Å². The summed E-state index contributed by atoms with van der Waals surface area (Å²) in [6.45, 7) is 2.94. The quantitative estimate of drug-likeness (QED) is 0.331. The van der Waals surface area contributed by atoms with Crippen LogP contribution in [0.3, 0.4) is 0 Å². The Morgan fingerprint density at radius 3 is 2.46 bits per heavy atom. The lowest BCUT2D eigenvalue weighted by atomic mass is 10.1. The van der Waals surface area contributed by atoms with Crippen LogP contribution in [0.4, 0.5) is 0 Å². The first-order valence-corrected chi connectivity index (χ1v) is 8.70. The van der Waals surface area contributed by atoms with Gasteiger partial charge in [0.15, 0.2) is 0 Å². The molecule has 2 aromatic carbocycles. The summed E-state index contributed by atoms with van der Waals surface area (Å²) in [6, 6.07) is 14.6. The number of benzene rings is 2. The highest BCUT2D eigenvalue weighted by Gasteiger charge is 2.12. The summed E-state index contributed by atoms with van der Waals surface area (Å²) >= 11 is 1.50. The third-order valence-electron chi connectivity index (χ3n) is 3.16. The molecule has 0 spiro atoms. The van der Waals surface area contributed by atoms with Crippen molar-refractivity contribution in [2.75, 3.05) is 13.2 Å². The van der Waals surface area contributed by atoms with Gasteiger partial charge in [-0.25, -0.2) is 4.79 Å². The maximum absolute atomic E-state index is 12.3. The van der Waals surface area contributed by atoms with Gasteiger partial charge in [-0.3, -0.25) is 4.79 Å². The number of aliphatic hydroxyl groups excluding tert-OH is 1. The van der Waals surface area contributed by atoms with Gasteiger partial charge in [-0.2, -0.15) is 0 Å². The molecule has 0 unspecified atom stereocenters. The molecule has 0 saturated heterocycles. The van der Waals surface area contributed by atoms with Gasteiger partial charge < -0.3 is 14.7 Å². The molecule has 0 fully saturated rings. The van der Waals surface area contributed by atoms with E-state index in [4.69, 9.17) is 9.84 Å². The third-order valence-corrected chi connectivity index (χ3v) is 4.15. The first-order chi connectivity index (χ1) is 12.5. The van der Waals surface area contributed by atoms with Gasteiger partial charge in [0, 0.05) is 22.3 Å². The number of Topliss-reactive ketones (excluding diaryl/α,β-unsaturated/α-hetero) is 1. The van der Waals surface area contributed by atoms with Gasteiger partial charge in [0.2, 0.25) is 5.78 Å². The van der Waals surface area contributed by atoms with Gasteiger partial charge in [-0.05, 0) is 43.3 Å². The highest BCUT2D eigenvalue weighted by atomic mass is 32.2. The maximum atomic E-state index is 12.3. The average molecular weight is 373 g/mol. The lowest BCUT2D eigenvalue weighted by Gasteiger charge is -2.07. The van der Waals surface area contributed by atoms with Crippen LogP contribution in [0.25, 0.3) is 0 Å². The van der Waals surface area contributed by atoms with Crippen LogP contribution >= 0.6 is 11.8 Å². The minimum atomic E-state index is -0.576. The molecule has 7 heteroatoms. The van der Waals surface area contributed by atoms with Crippen molar-refractivity contribution in [1.82, 2.24) is 0 Å². The zero-order chi connectivity index (χ0) is 18.9. The van der Waals surface area contributed by atoms with Gasteiger partial charge in [0.1, 0.15) is 18.1 Å². The highest BCUT2D eigenvalue weighted by Crippen LogP contribution is 2.29. The Labute approximate surface area is 155 Å². The molecule has 0 aliphatic carbocycles. The number of hydrogen-bond donors (Lipinski definition) is 1. The third kappa shape index (κ3) is 6.02. The van der Waals surface area contributed by atoms with Crippen molar-refractivity contribution in [3.05, 3.63) is 54.1 Å². The largest absolute Gasteiger partial charge is 0.491 e. The molecule has 0 aliphatic rings. The average Bonchev–Trinajstić information content (AvgIpc) is 2.65. The molecular weight excluding hydrogens is 354 g/mol. The van der Waals surface area contributed by atoms with E-state index in [9.17, 15) is 9.59 Å². The molecule has 1 N–H and O–H groups in total. The molecule has 0 heterocycles. The van der Waals surface area contributed by atoms with Gasteiger partial charge in [-0.1, -0.05) is 29.1 Å². The summed E-state index contributed by atoms with van der Waals surface area (Å²) in [7, 11) is 0. The Hall–Kier alpha value is -2.64. The van der Waals surface area contributed by atoms with Crippen LogP contribution in [0.2, 0.25) is 0 Å². The molecule has 6 nitrogen and oxygen atoms in total. The summed E-state index contributed by atoms with van der Waals surface area (Å²) in [5, 5.41) is 12.3. The number of carbonyl (C=O) groups excluding carboxylic acids is 2. The molecule has 0 radical (unpaired) electrons. The van der Waals surface area contributed by atoms with Crippen LogP contribution in [-0.4, -0.2) is 35.8 Å². The van der Waals surface area contributed by atoms with Gasteiger partial charge >= 0.3 is 5.97 Å². The first kappa shape index (κ1) is 19.7. The molecule has 0 aromatic heterocycles. The summed E-state index contributed by atoms with van der Waals surface area (Å²) in [6.07, 6.45) is 0. The fraction of sp³-hybridized carbons (Fsp3) is 0.211. The number of oxime groups is 1. The maximum Gasteiger partial charge on any atom is 0.331 e. The van der Waals surface area contributed by atoms with E-state index >= 15 is 0 Å². The minimum absolute atomic E-state index is 0.0303. The monoisotopic (exact) mass is 373 g/mol. The van der Waals surface area contributed by atoms with E-state index in [1.807, 2.05) is 30.3 Å². The summed E-state index contributed by atoms with van der Waals surface area (Å²) in [4.78, 5) is 29.5. The number of rotatable bonds is 8. The Balaban J connectivity index is 2.08. The van der Waals surface area contributed by atoms with E-state index in [0.717, 1.165) is 9.79 Å². The van der Waals surface area contributed by atoms with Crippen LogP contribution in [0.15, 0.2) is 63.5 Å². The summed E-state index contributed by atoms with van der Waals surface area (Å²) in [5.74, 6) is -0.195. The van der Waals surface area contributed by atoms with Crippen LogP contribution in [-0.2, 0) is 9.63 Å². The standard InChI is InChI=1S/C19H19NO5S/c1-13(20-25-14(2)22)19(23)15-4-3-5-18(12-15)26-17-8-6-16(7-9-17)24-11-10-21/h3-9,12,21H,10-11H2,1-2H3. The van der Waals surface area contributed by atoms with Crippen molar-refractivity contribution in [2.45, 2.75) is 23.6 Å². The zero-order valence-corrected chi connectivity index (χ0v) is 15.3. The molecular formula is C19H19NO5S. The highest BCUT2D eigenvalue weighted by molar-refractivity contribution is 7.99. The lowest BCUT2D eigenvalue weighted by Crippen LogP contribution is -2.11. The smallest absolute Gasteiger partial charge is 0.331 e. The normalized spacial score (nSPS) is 11.1. The molecule has 0 bridgehead atoms. The predicted octanol–water partition coefficient (Wildman–Crippen LogP) is 3.33. The molecule has 136 valence electrons. The van der Waals surface area contributed by atoms with Crippen molar-refractivity contribution in [1.29, 1.82) is 0 Å². The second-order valence-corrected chi connectivity index (χ2v) is 6.41.